The number of benzene rings is 1. The van der Waals surface area contributed by atoms with Crippen molar-refractivity contribution < 1.29 is 4.18 Å². The number of rotatable bonds is 4. The lowest BCUT2D eigenvalue weighted by atomic mass is 10.1. The highest BCUT2D eigenvalue weighted by Crippen LogP contribution is 2.38. The van der Waals surface area contributed by atoms with Crippen LogP contribution in [0.15, 0.2) is 35.4 Å². The summed E-state index contributed by atoms with van der Waals surface area (Å²) in [5.41, 5.74) is 1.56. The second-order valence-electron chi connectivity index (χ2n) is 3.60. The second-order valence-corrected chi connectivity index (χ2v) is 5.62. The summed E-state index contributed by atoms with van der Waals surface area (Å²) >= 11 is 19.6. The van der Waals surface area contributed by atoms with Crippen LogP contribution in [0.5, 0.6) is 0 Å². The normalized spacial score (nSPS) is 10.7. The van der Waals surface area contributed by atoms with E-state index in [-0.39, 0.29) is 5.15 Å². The molecular formula is C13H10Cl3NOS. The molecule has 0 saturated carbocycles. The van der Waals surface area contributed by atoms with Gasteiger partial charge in [0, 0.05) is 28.7 Å². The molecule has 0 atom stereocenters. The Bertz CT molecular complexity index is 592. The first kappa shape index (κ1) is 14.9. The first-order valence-corrected chi connectivity index (χ1v) is 7.40. The van der Waals surface area contributed by atoms with Crippen molar-refractivity contribution in [3.8, 4) is 11.1 Å². The van der Waals surface area contributed by atoms with E-state index in [0.29, 0.717) is 22.2 Å². The highest BCUT2D eigenvalue weighted by molar-refractivity contribution is 7.94. The van der Waals surface area contributed by atoms with Gasteiger partial charge < -0.3 is 4.18 Å². The molecule has 19 heavy (non-hydrogen) atoms. The van der Waals surface area contributed by atoms with Gasteiger partial charge in [-0.25, -0.2) is 4.98 Å². The van der Waals surface area contributed by atoms with E-state index >= 15 is 0 Å². The number of halogens is 3. The van der Waals surface area contributed by atoms with Gasteiger partial charge in [0.05, 0.1) is 16.7 Å². The van der Waals surface area contributed by atoms with Crippen molar-refractivity contribution in [3.05, 3.63) is 45.7 Å². The Hall–Kier alpha value is -0.450. The molecule has 0 N–H and O–H groups in total. The van der Waals surface area contributed by atoms with Gasteiger partial charge in [0.1, 0.15) is 5.15 Å². The van der Waals surface area contributed by atoms with Crippen molar-refractivity contribution in [2.75, 3.05) is 6.61 Å². The molecule has 2 rings (SSSR count). The van der Waals surface area contributed by atoms with Crippen LogP contribution in [-0.4, -0.2) is 11.6 Å². The summed E-state index contributed by atoms with van der Waals surface area (Å²) in [6.07, 6.45) is 1.49. The zero-order chi connectivity index (χ0) is 13.8. The van der Waals surface area contributed by atoms with Crippen LogP contribution in [0.1, 0.15) is 6.92 Å². The summed E-state index contributed by atoms with van der Waals surface area (Å²) in [6, 6.07) is 7.73. The van der Waals surface area contributed by atoms with Crippen LogP contribution < -0.4 is 0 Å². The van der Waals surface area contributed by atoms with E-state index in [9.17, 15) is 0 Å². The minimum atomic E-state index is 0.240. The van der Waals surface area contributed by atoms with Crippen molar-refractivity contribution in [1.82, 2.24) is 4.98 Å². The number of hydrogen-bond acceptors (Lipinski definition) is 3. The van der Waals surface area contributed by atoms with Gasteiger partial charge in [-0.2, -0.15) is 0 Å². The van der Waals surface area contributed by atoms with Crippen molar-refractivity contribution >= 4 is 46.8 Å². The summed E-state index contributed by atoms with van der Waals surface area (Å²) in [4.78, 5) is 4.88. The van der Waals surface area contributed by atoms with E-state index in [1.807, 2.05) is 31.2 Å². The Morgan fingerprint density at radius 3 is 2.79 bits per heavy atom. The fourth-order valence-electron chi connectivity index (χ4n) is 1.54. The molecule has 1 aromatic carbocycles. The minimum Gasteiger partial charge on any atom is -0.311 e. The van der Waals surface area contributed by atoms with Gasteiger partial charge in [0.15, 0.2) is 0 Å². The predicted octanol–water partition coefficient (Wildman–Crippen LogP) is 5.75. The smallest absolute Gasteiger partial charge is 0.148 e. The first-order chi connectivity index (χ1) is 9.13. The number of aromatic nitrogens is 1. The highest BCUT2D eigenvalue weighted by atomic mass is 35.5. The maximum absolute atomic E-state index is 6.17. The summed E-state index contributed by atoms with van der Waals surface area (Å²) in [5, 5.41) is 1.06. The fourth-order valence-corrected chi connectivity index (χ4v) is 2.80. The monoisotopic (exact) mass is 333 g/mol. The molecule has 2 aromatic rings. The molecule has 1 heterocycles. The van der Waals surface area contributed by atoms with E-state index in [0.717, 1.165) is 10.5 Å². The molecule has 0 amide bonds. The van der Waals surface area contributed by atoms with E-state index in [1.54, 1.807) is 0 Å². The Kier molecular flexibility index (Phi) is 5.37. The lowest BCUT2D eigenvalue weighted by Gasteiger charge is -2.09. The number of pyridine rings is 1. The quantitative estimate of drug-likeness (QED) is 0.525. The predicted molar refractivity (Wildman–Crippen MR) is 82.2 cm³/mol. The Labute approximate surface area is 131 Å². The standard InChI is InChI=1S/C13H10Cl3NOS/c1-2-18-19-9-5-3-4-8(6-9)11-10(14)7-17-13(16)12(11)15/h3-7H,2H2,1H3. The lowest BCUT2D eigenvalue weighted by Crippen LogP contribution is -1.87. The molecule has 1 aromatic heterocycles. The van der Waals surface area contributed by atoms with E-state index in [4.69, 9.17) is 39.0 Å². The first-order valence-electron chi connectivity index (χ1n) is 5.53. The molecule has 0 unspecified atom stereocenters. The van der Waals surface area contributed by atoms with Crippen LogP contribution in [0.2, 0.25) is 15.2 Å². The Morgan fingerprint density at radius 2 is 2.05 bits per heavy atom. The van der Waals surface area contributed by atoms with Gasteiger partial charge in [0.25, 0.3) is 0 Å². The SMILES string of the molecule is CCOSc1cccc(-c2c(Cl)cnc(Cl)c2Cl)c1. The average Bonchev–Trinajstić information content (AvgIpc) is 2.42. The third-order valence-corrected chi connectivity index (χ3v) is 4.16. The number of nitrogens with zero attached hydrogens (tertiary/aromatic N) is 1. The maximum Gasteiger partial charge on any atom is 0.148 e. The van der Waals surface area contributed by atoms with Gasteiger partial charge in [-0.05, 0) is 24.6 Å². The molecule has 0 fully saturated rings. The van der Waals surface area contributed by atoms with Crippen molar-refractivity contribution in [3.63, 3.8) is 0 Å². The number of hydrogen-bond donors (Lipinski definition) is 0. The average molecular weight is 335 g/mol. The van der Waals surface area contributed by atoms with Gasteiger partial charge in [-0.15, -0.1) is 0 Å². The topological polar surface area (TPSA) is 22.1 Å². The van der Waals surface area contributed by atoms with Crippen molar-refractivity contribution in [2.45, 2.75) is 11.8 Å². The summed E-state index contributed by atoms with van der Waals surface area (Å²) < 4.78 is 5.31. The second kappa shape index (κ2) is 6.82. The molecule has 0 radical (unpaired) electrons. The Balaban J connectivity index is 2.44. The minimum absolute atomic E-state index is 0.240. The lowest BCUT2D eigenvalue weighted by molar-refractivity contribution is 0.402. The van der Waals surface area contributed by atoms with Crippen molar-refractivity contribution in [1.29, 1.82) is 0 Å². The van der Waals surface area contributed by atoms with Gasteiger partial charge in [-0.3, -0.25) is 0 Å². The summed E-state index contributed by atoms with van der Waals surface area (Å²) in [7, 11) is 0. The maximum atomic E-state index is 6.17. The molecule has 0 spiro atoms. The third kappa shape index (κ3) is 3.56. The van der Waals surface area contributed by atoms with Crippen LogP contribution in [0.4, 0.5) is 0 Å². The highest BCUT2D eigenvalue weighted by Gasteiger charge is 2.13. The van der Waals surface area contributed by atoms with Crippen LogP contribution in [0.3, 0.4) is 0 Å². The Morgan fingerprint density at radius 1 is 1.26 bits per heavy atom. The molecule has 0 aliphatic carbocycles. The fraction of sp³-hybridized carbons (Fsp3) is 0.154. The van der Waals surface area contributed by atoms with E-state index < -0.39 is 0 Å². The molecule has 100 valence electrons. The molecular weight excluding hydrogens is 325 g/mol. The van der Waals surface area contributed by atoms with Crippen LogP contribution in [-0.2, 0) is 4.18 Å². The van der Waals surface area contributed by atoms with Gasteiger partial charge in [-0.1, -0.05) is 46.9 Å². The third-order valence-electron chi connectivity index (χ3n) is 2.33. The zero-order valence-electron chi connectivity index (χ0n) is 9.99. The molecule has 0 saturated heterocycles. The molecule has 2 nitrogen and oxygen atoms in total. The zero-order valence-corrected chi connectivity index (χ0v) is 13.1. The van der Waals surface area contributed by atoms with E-state index in [2.05, 4.69) is 4.98 Å². The van der Waals surface area contributed by atoms with Crippen LogP contribution in [0.25, 0.3) is 11.1 Å². The van der Waals surface area contributed by atoms with Crippen LogP contribution >= 0.6 is 46.8 Å². The molecule has 0 bridgehead atoms. The molecule has 0 aliphatic rings. The van der Waals surface area contributed by atoms with E-state index in [1.165, 1.54) is 18.2 Å². The largest absolute Gasteiger partial charge is 0.311 e. The van der Waals surface area contributed by atoms with Gasteiger partial charge in [0.2, 0.25) is 0 Å². The van der Waals surface area contributed by atoms with Gasteiger partial charge >= 0.3 is 0 Å². The van der Waals surface area contributed by atoms with Crippen LogP contribution in [0, 0.1) is 0 Å². The molecule has 6 heteroatoms. The van der Waals surface area contributed by atoms with Crippen molar-refractivity contribution in [2.24, 2.45) is 0 Å². The summed E-state index contributed by atoms with van der Waals surface area (Å²) in [5.74, 6) is 0. The molecule has 0 aliphatic heterocycles. The summed E-state index contributed by atoms with van der Waals surface area (Å²) in [6.45, 7) is 2.57.